The van der Waals surface area contributed by atoms with Crippen molar-refractivity contribution in [2.75, 3.05) is 19.8 Å². The Labute approximate surface area is 329 Å². The molecule has 0 bridgehead atoms. The van der Waals surface area contributed by atoms with E-state index in [1.54, 1.807) is 0 Å². The first-order chi connectivity index (χ1) is 26.7. The van der Waals surface area contributed by atoms with Crippen LogP contribution >= 0.6 is 0 Å². The van der Waals surface area contributed by atoms with Crippen LogP contribution in [0.2, 0.25) is 0 Å². The van der Waals surface area contributed by atoms with Crippen molar-refractivity contribution in [1.82, 2.24) is 0 Å². The standard InChI is InChI=1S/C24H48O7.C20H23NO3/c1-2-3-4-5-6-7-8-9-10-11-12-13-14-15-19(26)16-17-30-24-23(29)22(28)21(27)20(18-25)31-24;21-19(22)12-5-2-6-13-24-15-16-8-7-11-18(14-16)20(23)17-9-3-1-4-10-17/h19-29H,2-18H2,1H3;1,3-4,7-11,14H,2,5-6,12-13,15H2,(H2,21,22). The fourth-order valence-electron chi connectivity index (χ4n) is 6.50. The molecule has 11 heteroatoms. The van der Waals surface area contributed by atoms with E-state index in [2.05, 4.69) is 6.92 Å². The van der Waals surface area contributed by atoms with Crippen molar-refractivity contribution < 1.29 is 49.3 Å². The van der Waals surface area contributed by atoms with Crippen molar-refractivity contribution in [2.45, 2.75) is 172 Å². The molecule has 11 nitrogen and oxygen atoms in total. The minimum Gasteiger partial charge on any atom is -0.394 e. The van der Waals surface area contributed by atoms with E-state index in [1.807, 2.05) is 54.6 Å². The molecule has 1 aliphatic rings. The molecule has 312 valence electrons. The summed E-state index contributed by atoms with van der Waals surface area (Å²) in [5.41, 5.74) is 7.43. The maximum Gasteiger partial charge on any atom is 0.217 e. The van der Waals surface area contributed by atoms with Crippen molar-refractivity contribution in [3.05, 3.63) is 71.3 Å². The lowest BCUT2D eigenvalue weighted by atomic mass is 9.99. The van der Waals surface area contributed by atoms with Gasteiger partial charge in [0.05, 0.1) is 25.9 Å². The fraction of sp³-hybridized carbons (Fsp3) is 0.682. The number of carbonyl (C=O) groups is 2. The lowest BCUT2D eigenvalue weighted by molar-refractivity contribution is -0.301. The van der Waals surface area contributed by atoms with Gasteiger partial charge in [0.15, 0.2) is 12.1 Å². The molecule has 2 aromatic rings. The molecule has 2 aromatic carbocycles. The zero-order valence-electron chi connectivity index (χ0n) is 33.3. The summed E-state index contributed by atoms with van der Waals surface area (Å²) in [5, 5.41) is 48.7. The Bertz CT molecular complexity index is 1260. The zero-order valence-corrected chi connectivity index (χ0v) is 33.3. The number of nitrogens with two attached hydrogens (primary N) is 1. The van der Waals surface area contributed by atoms with Crippen LogP contribution in [0.4, 0.5) is 0 Å². The summed E-state index contributed by atoms with van der Waals surface area (Å²) >= 11 is 0. The number of ether oxygens (including phenoxy) is 3. The predicted octanol–water partition coefficient (Wildman–Crippen LogP) is 6.52. The van der Waals surface area contributed by atoms with Crippen LogP contribution in [0.5, 0.6) is 0 Å². The third-order valence-corrected chi connectivity index (χ3v) is 9.93. The van der Waals surface area contributed by atoms with Crippen LogP contribution < -0.4 is 5.73 Å². The number of hydrogen-bond donors (Lipinski definition) is 6. The van der Waals surface area contributed by atoms with E-state index in [1.165, 1.54) is 70.6 Å². The zero-order chi connectivity index (χ0) is 40.1. The highest BCUT2D eigenvalue weighted by Gasteiger charge is 2.44. The van der Waals surface area contributed by atoms with Gasteiger partial charge in [-0.1, -0.05) is 145 Å². The van der Waals surface area contributed by atoms with Gasteiger partial charge >= 0.3 is 0 Å². The number of rotatable bonds is 29. The Balaban J connectivity index is 0.000000392. The van der Waals surface area contributed by atoms with E-state index in [0.29, 0.717) is 37.2 Å². The maximum absolute atomic E-state index is 12.4. The lowest BCUT2D eigenvalue weighted by Gasteiger charge is -2.39. The van der Waals surface area contributed by atoms with Gasteiger partial charge in [-0.15, -0.1) is 0 Å². The molecule has 6 atom stereocenters. The Kier molecular flexibility index (Phi) is 26.8. The van der Waals surface area contributed by atoms with E-state index in [9.17, 15) is 35.1 Å². The first-order valence-electron chi connectivity index (χ1n) is 20.8. The van der Waals surface area contributed by atoms with Crippen LogP contribution in [0.1, 0.15) is 150 Å². The molecule has 0 aliphatic carbocycles. The summed E-state index contributed by atoms with van der Waals surface area (Å²) in [6, 6.07) is 16.8. The van der Waals surface area contributed by atoms with Crippen LogP contribution in [-0.2, 0) is 25.6 Å². The van der Waals surface area contributed by atoms with Crippen LogP contribution in [-0.4, -0.2) is 93.9 Å². The second kappa shape index (κ2) is 30.4. The van der Waals surface area contributed by atoms with Crippen LogP contribution in [0, 0.1) is 0 Å². The van der Waals surface area contributed by atoms with Crippen molar-refractivity contribution in [3.63, 3.8) is 0 Å². The van der Waals surface area contributed by atoms with Crippen molar-refractivity contribution in [3.8, 4) is 0 Å². The largest absolute Gasteiger partial charge is 0.394 e. The van der Waals surface area contributed by atoms with E-state index in [4.69, 9.17) is 19.9 Å². The van der Waals surface area contributed by atoms with Gasteiger partial charge in [0.2, 0.25) is 5.91 Å². The quantitative estimate of drug-likeness (QED) is 0.0393. The number of aliphatic hydroxyl groups is 5. The van der Waals surface area contributed by atoms with Gasteiger partial charge in [-0.25, -0.2) is 0 Å². The molecule has 3 rings (SSSR count). The lowest BCUT2D eigenvalue weighted by Crippen LogP contribution is -2.59. The molecule has 0 aromatic heterocycles. The minimum atomic E-state index is -1.44. The van der Waals surface area contributed by atoms with Crippen molar-refractivity contribution in [1.29, 1.82) is 0 Å². The molecule has 55 heavy (non-hydrogen) atoms. The molecule has 0 spiro atoms. The number of ketones is 1. The molecule has 0 saturated carbocycles. The first kappa shape index (κ1) is 48.4. The number of benzene rings is 2. The molecule has 1 fully saturated rings. The normalized spacial score (nSPS) is 20.1. The minimum absolute atomic E-state index is 0.0175. The highest BCUT2D eigenvalue weighted by Crippen LogP contribution is 2.22. The fourth-order valence-corrected chi connectivity index (χ4v) is 6.50. The predicted molar refractivity (Wildman–Crippen MR) is 214 cm³/mol. The molecule has 1 aliphatic heterocycles. The maximum atomic E-state index is 12.4. The Morgan fingerprint density at radius 1 is 0.709 bits per heavy atom. The number of carbonyl (C=O) groups excluding carboxylic acids is 2. The second-order valence-corrected chi connectivity index (χ2v) is 14.8. The third-order valence-electron chi connectivity index (χ3n) is 9.93. The van der Waals surface area contributed by atoms with Crippen LogP contribution in [0.25, 0.3) is 0 Å². The average Bonchev–Trinajstić information content (AvgIpc) is 3.19. The summed E-state index contributed by atoms with van der Waals surface area (Å²) in [7, 11) is 0. The monoisotopic (exact) mass is 774 g/mol. The summed E-state index contributed by atoms with van der Waals surface area (Å²) in [4.78, 5) is 23.0. The molecular formula is C44H71NO10. The molecule has 6 unspecified atom stereocenters. The smallest absolute Gasteiger partial charge is 0.217 e. The van der Waals surface area contributed by atoms with Crippen LogP contribution in [0.3, 0.4) is 0 Å². The highest BCUT2D eigenvalue weighted by molar-refractivity contribution is 6.09. The van der Waals surface area contributed by atoms with E-state index in [-0.39, 0.29) is 18.3 Å². The van der Waals surface area contributed by atoms with Gasteiger partial charge in [0, 0.05) is 24.2 Å². The van der Waals surface area contributed by atoms with Gasteiger partial charge in [-0.3, -0.25) is 9.59 Å². The van der Waals surface area contributed by atoms with E-state index < -0.39 is 43.4 Å². The number of amides is 1. The molecule has 1 amide bonds. The van der Waals surface area contributed by atoms with E-state index >= 15 is 0 Å². The van der Waals surface area contributed by atoms with E-state index in [0.717, 1.165) is 44.1 Å². The topological polar surface area (TPSA) is 189 Å². The van der Waals surface area contributed by atoms with Crippen molar-refractivity contribution in [2.24, 2.45) is 5.73 Å². The third kappa shape index (κ3) is 21.4. The molecule has 1 heterocycles. The molecule has 0 radical (unpaired) electrons. The van der Waals surface area contributed by atoms with Gasteiger partial charge in [-0.05, 0) is 37.3 Å². The van der Waals surface area contributed by atoms with Gasteiger partial charge < -0.3 is 45.5 Å². The molecule has 1 saturated heterocycles. The summed E-state index contributed by atoms with van der Waals surface area (Å²) in [6.45, 7) is 3.05. The molecule has 7 N–H and O–H groups in total. The van der Waals surface area contributed by atoms with Crippen LogP contribution in [0.15, 0.2) is 54.6 Å². The second-order valence-electron chi connectivity index (χ2n) is 14.8. The number of aliphatic hydroxyl groups excluding tert-OH is 5. The van der Waals surface area contributed by atoms with Gasteiger partial charge in [-0.2, -0.15) is 0 Å². The Hall–Kier alpha value is -2.74. The number of primary amides is 1. The summed E-state index contributed by atoms with van der Waals surface area (Å²) < 4.78 is 16.3. The highest BCUT2D eigenvalue weighted by atomic mass is 16.7. The summed E-state index contributed by atoms with van der Waals surface area (Å²) in [6.07, 6.45) is 14.2. The average molecular weight is 774 g/mol. The SMILES string of the molecule is CCCCCCCCCCCCCCCC(O)CCOC1OC(CO)C(O)C(O)C1O.NC(=O)CCCCCOCc1cccc(C(=O)c2ccccc2)c1. The summed E-state index contributed by atoms with van der Waals surface area (Å²) in [5.74, 6) is -0.236. The van der Waals surface area contributed by atoms with Crippen molar-refractivity contribution >= 4 is 11.7 Å². The first-order valence-corrected chi connectivity index (χ1v) is 20.8. The molecular weight excluding hydrogens is 702 g/mol. The Morgan fingerprint density at radius 2 is 1.31 bits per heavy atom. The number of unbranched alkanes of at least 4 members (excludes halogenated alkanes) is 14. The van der Waals surface area contributed by atoms with Gasteiger partial charge in [0.25, 0.3) is 0 Å². The van der Waals surface area contributed by atoms with Gasteiger partial charge in [0.1, 0.15) is 24.4 Å². The Morgan fingerprint density at radius 3 is 1.93 bits per heavy atom. The number of hydrogen-bond acceptors (Lipinski definition) is 10.